The van der Waals surface area contributed by atoms with E-state index in [-0.39, 0.29) is 37.9 Å². The van der Waals surface area contributed by atoms with Gasteiger partial charge in [0.2, 0.25) is 11.8 Å². The maximum Gasteiger partial charge on any atom is 0.407 e. The number of hydrogen-bond donors (Lipinski definition) is 4. The first-order valence-corrected chi connectivity index (χ1v) is 13.0. The summed E-state index contributed by atoms with van der Waals surface area (Å²) in [6, 6.07) is 18.9. The molecule has 0 aliphatic heterocycles. The maximum absolute atomic E-state index is 11.9. The van der Waals surface area contributed by atoms with Crippen LogP contribution in [0.2, 0.25) is 0 Å². The summed E-state index contributed by atoms with van der Waals surface area (Å²) in [5.41, 5.74) is 1.84. The fraction of sp³-hybridized carbons (Fsp3) is 0.429. The van der Waals surface area contributed by atoms with Crippen LogP contribution in [0.15, 0.2) is 60.7 Å². The zero-order chi connectivity index (χ0) is 27.3. The summed E-state index contributed by atoms with van der Waals surface area (Å²) in [6.45, 7) is 2.30. The van der Waals surface area contributed by atoms with Crippen LogP contribution in [0.5, 0.6) is 0 Å². The van der Waals surface area contributed by atoms with Crippen LogP contribution < -0.4 is 21.3 Å². The van der Waals surface area contributed by atoms with Crippen molar-refractivity contribution in [2.75, 3.05) is 26.2 Å². The summed E-state index contributed by atoms with van der Waals surface area (Å²) in [5, 5.41) is 10.9. The van der Waals surface area contributed by atoms with Crippen LogP contribution in [-0.4, -0.2) is 50.2 Å². The third-order valence-corrected chi connectivity index (χ3v) is 5.39. The van der Waals surface area contributed by atoms with E-state index in [1.54, 1.807) is 0 Å². The Kier molecular flexibility index (Phi) is 15.1. The third kappa shape index (κ3) is 15.1. The number of rotatable bonds is 17. The summed E-state index contributed by atoms with van der Waals surface area (Å²) in [6.07, 6.45) is 2.08. The van der Waals surface area contributed by atoms with Crippen molar-refractivity contribution in [3.63, 3.8) is 0 Å². The molecule has 0 aliphatic carbocycles. The van der Waals surface area contributed by atoms with E-state index in [0.29, 0.717) is 51.9 Å². The molecule has 0 radical (unpaired) electrons. The Morgan fingerprint density at radius 2 is 0.842 bits per heavy atom. The number of carbonyl (C=O) groups excluding carboxylic acids is 4. The number of alkyl carbamates (subject to hydrolysis) is 2. The highest BCUT2D eigenvalue weighted by Crippen LogP contribution is 2.01. The Bertz CT molecular complexity index is 892. The zero-order valence-corrected chi connectivity index (χ0v) is 21.7. The SMILES string of the molecule is O=C(CCC(=O)NCCCCNC(=O)OCc1ccccc1)NCCCCNC(=O)OCc1ccccc1. The lowest BCUT2D eigenvalue weighted by Gasteiger charge is -2.09. The van der Waals surface area contributed by atoms with E-state index in [1.807, 2.05) is 60.7 Å². The molecular formula is C28H38N4O6. The molecule has 38 heavy (non-hydrogen) atoms. The standard InChI is InChI=1S/C28H38N4O6/c33-25(29-17-7-9-19-31-27(35)37-21-23-11-3-1-4-12-23)15-16-26(34)30-18-8-10-20-32-28(36)38-22-24-13-5-2-6-14-24/h1-6,11-14H,7-10,15-22H2,(H,29,33)(H,30,34)(H,31,35)(H,32,36). The molecular weight excluding hydrogens is 488 g/mol. The van der Waals surface area contributed by atoms with Crippen LogP contribution in [0.3, 0.4) is 0 Å². The molecule has 0 unspecified atom stereocenters. The lowest BCUT2D eigenvalue weighted by atomic mass is 10.2. The van der Waals surface area contributed by atoms with Gasteiger partial charge in [-0.1, -0.05) is 60.7 Å². The van der Waals surface area contributed by atoms with Crippen molar-refractivity contribution < 1.29 is 28.7 Å². The van der Waals surface area contributed by atoms with Crippen molar-refractivity contribution in [1.29, 1.82) is 0 Å². The van der Waals surface area contributed by atoms with Gasteiger partial charge >= 0.3 is 12.2 Å². The fourth-order valence-electron chi connectivity index (χ4n) is 3.29. The molecule has 0 fully saturated rings. The Morgan fingerprint density at radius 3 is 1.21 bits per heavy atom. The number of ether oxygens (including phenoxy) is 2. The van der Waals surface area contributed by atoms with E-state index in [4.69, 9.17) is 9.47 Å². The van der Waals surface area contributed by atoms with Gasteiger partial charge in [-0.15, -0.1) is 0 Å². The highest BCUT2D eigenvalue weighted by Gasteiger charge is 2.07. The number of carbonyl (C=O) groups is 4. The number of benzene rings is 2. The molecule has 0 saturated carbocycles. The minimum Gasteiger partial charge on any atom is -0.445 e. The zero-order valence-electron chi connectivity index (χ0n) is 21.7. The van der Waals surface area contributed by atoms with E-state index in [9.17, 15) is 19.2 Å². The van der Waals surface area contributed by atoms with E-state index >= 15 is 0 Å². The van der Waals surface area contributed by atoms with Gasteiger partial charge in [-0.3, -0.25) is 9.59 Å². The molecule has 0 bridgehead atoms. The summed E-state index contributed by atoms with van der Waals surface area (Å²) < 4.78 is 10.3. The van der Waals surface area contributed by atoms with Gasteiger partial charge in [0.25, 0.3) is 0 Å². The summed E-state index contributed by atoms with van der Waals surface area (Å²) in [4.78, 5) is 47.1. The molecule has 2 aromatic rings. The average Bonchev–Trinajstić information content (AvgIpc) is 2.94. The third-order valence-electron chi connectivity index (χ3n) is 5.39. The van der Waals surface area contributed by atoms with E-state index < -0.39 is 12.2 Å². The van der Waals surface area contributed by atoms with E-state index in [0.717, 1.165) is 11.1 Å². The minimum absolute atomic E-state index is 0.116. The van der Waals surface area contributed by atoms with Gasteiger partial charge in [-0.05, 0) is 36.8 Å². The van der Waals surface area contributed by atoms with Crippen molar-refractivity contribution in [2.45, 2.75) is 51.7 Å². The number of hydrogen-bond acceptors (Lipinski definition) is 6. The smallest absolute Gasteiger partial charge is 0.407 e. The molecule has 10 heteroatoms. The molecule has 4 N–H and O–H groups in total. The first kappa shape index (κ1) is 30.1. The Hall–Kier alpha value is -4.08. The van der Waals surface area contributed by atoms with Crippen LogP contribution >= 0.6 is 0 Å². The van der Waals surface area contributed by atoms with Crippen molar-refractivity contribution >= 4 is 24.0 Å². The van der Waals surface area contributed by atoms with Crippen LogP contribution in [0.1, 0.15) is 49.7 Å². The molecule has 4 amide bonds. The van der Waals surface area contributed by atoms with Crippen molar-refractivity contribution in [2.24, 2.45) is 0 Å². The topological polar surface area (TPSA) is 135 Å². The predicted octanol–water partition coefficient (Wildman–Crippen LogP) is 3.41. The molecule has 2 aromatic carbocycles. The predicted molar refractivity (Wildman–Crippen MR) is 143 cm³/mol. The average molecular weight is 527 g/mol. The largest absolute Gasteiger partial charge is 0.445 e. The molecule has 0 spiro atoms. The molecule has 0 heterocycles. The van der Waals surface area contributed by atoms with Crippen molar-refractivity contribution in [1.82, 2.24) is 21.3 Å². The number of nitrogens with one attached hydrogen (secondary N) is 4. The van der Waals surface area contributed by atoms with Gasteiger partial charge < -0.3 is 30.7 Å². The Labute approximate surface area is 223 Å². The normalized spacial score (nSPS) is 10.2. The second-order valence-corrected chi connectivity index (χ2v) is 8.59. The van der Waals surface area contributed by atoms with E-state index in [1.165, 1.54) is 0 Å². The Morgan fingerprint density at radius 1 is 0.500 bits per heavy atom. The number of unbranched alkanes of at least 4 members (excludes halogenated alkanes) is 2. The molecule has 10 nitrogen and oxygen atoms in total. The molecule has 206 valence electrons. The first-order chi connectivity index (χ1) is 18.5. The number of amides is 4. The molecule has 0 saturated heterocycles. The van der Waals surface area contributed by atoms with Gasteiger partial charge in [-0.25, -0.2) is 9.59 Å². The van der Waals surface area contributed by atoms with Crippen molar-refractivity contribution in [3.05, 3.63) is 71.8 Å². The van der Waals surface area contributed by atoms with Crippen LogP contribution in [0, 0.1) is 0 Å². The van der Waals surface area contributed by atoms with Gasteiger partial charge in [0.05, 0.1) is 0 Å². The van der Waals surface area contributed by atoms with Gasteiger partial charge in [-0.2, -0.15) is 0 Å². The van der Waals surface area contributed by atoms with Gasteiger partial charge in [0, 0.05) is 39.0 Å². The lowest BCUT2D eigenvalue weighted by molar-refractivity contribution is -0.126. The van der Waals surface area contributed by atoms with Gasteiger partial charge in [0.1, 0.15) is 13.2 Å². The highest BCUT2D eigenvalue weighted by molar-refractivity contribution is 5.83. The quantitative estimate of drug-likeness (QED) is 0.233. The van der Waals surface area contributed by atoms with Gasteiger partial charge in [0.15, 0.2) is 0 Å². The monoisotopic (exact) mass is 526 g/mol. The van der Waals surface area contributed by atoms with Crippen LogP contribution in [0.25, 0.3) is 0 Å². The lowest BCUT2D eigenvalue weighted by Crippen LogP contribution is -2.30. The fourth-order valence-corrected chi connectivity index (χ4v) is 3.29. The van der Waals surface area contributed by atoms with Crippen molar-refractivity contribution in [3.8, 4) is 0 Å². The van der Waals surface area contributed by atoms with Crippen LogP contribution in [-0.2, 0) is 32.3 Å². The molecule has 2 rings (SSSR count). The molecule has 0 aliphatic rings. The minimum atomic E-state index is -0.471. The second-order valence-electron chi connectivity index (χ2n) is 8.59. The molecule has 0 atom stereocenters. The van der Waals surface area contributed by atoms with E-state index in [2.05, 4.69) is 21.3 Å². The van der Waals surface area contributed by atoms with Crippen LogP contribution in [0.4, 0.5) is 9.59 Å². The summed E-state index contributed by atoms with van der Waals surface area (Å²) in [5.74, 6) is -0.373. The first-order valence-electron chi connectivity index (χ1n) is 13.0. The second kappa shape index (κ2) is 19.1. The summed E-state index contributed by atoms with van der Waals surface area (Å²) >= 11 is 0. The molecule has 0 aromatic heterocycles. The Balaban J connectivity index is 1.35. The maximum atomic E-state index is 11.9. The highest BCUT2D eigenvalue weighted by atomic mass is 16.6. The summed E-state index contributed by atoms with van der Waals surface area (Å²) in [7, 11) is 0.